The van der Waals surface area contributed by atoms with Crippen molar-refractivity contribution in [3.8, 4) is 5.69 Å². The van der Waals surface area contributed by atoms with Crippen molar-refractivity contribution in [2.75, 3.05) is 0 Å². The Morgan fingerprint density at radius 3 is 2.17 bits per heavy atom. The summed E-state index contributed by atoms with van der Waals surface area (Å²) >= 11 is 0. The molecule has 5 aromatic rings. The molecule has 0 amide bonds. The first-order valence-corrected chi connectivity index (χ1v) is 8.04. The van der Waals surface area contributed by atoms with E-state index in [9.17, 15) is 0 Å². The van der Waals surface area contributed by atoms with Crippen LogP contribution >= 0.6 is 0 Å². The summed E-state index contributed by atoms with van der Waals surface area (Å²) in [6.45, 7) is 2.10. The van der Waals surface area contributed by atoms with Crippen LogP contribution in [0.25, 0.3) is 38.8 Å². The molecule has 0 atom stereocenters. The third-order valence-electron chi connectivity index (χ3n) is 4.46. The predicted molar refractivity (Wildman–Crippen MR) is 98.6 cm³/mol. The van der Waals surface area contributed by atoms with Crippen LogP contribution in [0.5, 0.6) is 0 Å². The highest BCUT2D eigenvalue weighted by Crippen LogP contribution is 2.30. The van der Waals surface area contributed by atoms with Gasteiger partial charge in [0.15, 0.2) is 5.65 Å². The van der Waals surface area contributed by atoms with Gasteiger partial charge in [0.05, 0.1) is 16.6 Å². The highest BCUT2D eigenvalue weighted by Gasteiger charge is 2.15. The molecule has 0 fully saturated rings. The van der Waals surface area contributed by atoms with Crippen molar-refractivity contribution in [2.45, 2.75) is 6.92 Å². The van der Waals surface area contributed by atoms with Crippen molar-refractivity contribution >= 4 is 33.1 Å². The fraction of sp³-hybridized carbons (Fsp3) is 0.0476. The maximum absolute atomic E-state index is 4.91. The fourth-order valence-electron chi connectivity index (χ4n) is 3.27. The molecule has 0 unspecified atom stereocenters. The van der Waals surface area contributed by atoms with E-state index in [0.29, 0.717) is 0 Å². The van der Waals surface area contributed by atoms with E-state index in [1.807, 2.05) is 24.3 Å². The summed E-state index contributed by atoms with van der Waals surface area (Å²) in [5, 5.41) is 1.13. The summed E-state index contributed by atoms with van der Waals surface area (Å²) in [5.41, 5.74) is 7.18. The average molecular weight is 309 g/mol. The van der Waals surface area contributed by atoms with Gasteiger partial charge in [0, 0.05) is 11.1 Å². The molecule has 0 radical (unpaired) electrons. The van der Waals surface area contributed by atoms with Gasteiger partial charge < -0.3 is 0 Å². The highest BCUT2D eigenvalue weighted by atomic mass is 15.1. The predicted octanol–water partition coefficient (Wildman–Crippen LogP) is 5.04. The molecular formula is C21H15N3. The van der Waals surface area contributed by atoms with Crippen LogP contribution in [0.3, 0.4) is 0 Å². The Balaban J connectivity index is 1.99. The molecule has 3 aromatic carbocycles. The summed E-state index contributed by atoms with van der Waals surface area (Å²) in [7, 11) is 0. The zero-order valence-corrected chi connectivity index (χ0v) is 13.3. The van der Waals surface area contributed by atoms with Crippen molar-refractivity contribution < 1.29 is 0 Å². The van der Waals surface area contributed by atoms with E-state index in [4.69, 9.17) is 9.97 Å². The van der Waals surface area contributed by atoms with Gasteiger partial charge in [-0.05, 0) is 37.3 Å². The molecule has 0 bridgehead atoms. The Kier molecular flexibility index (Phi) is 2.71. The van der Waals surface area contributed by atoms with Crippen LogP contribution in [-0.2, 0) is 0 Å². The first kappa shape index (κ1) is 13.3. The molecule has 0 saturated heterocycles. The smallest absolute Gasteiger partial charge is 0.165 e. The number of benzene rings is 3. The lowest BCUT2D eigenvalue weighted by Gasteiger charge is -2.07. The second-order valence-electron chi connectivity index (χ2n) is 6.07. The third kappa shape index (κ3) is 1.85. The number of fused-ring (bicyclic) bond motifs is 4. The van der Waals surface area contributed by atoms with Gasteiger partial charge in [0.1, 0.15) is 5.52 Å². The van der Waals surface area contributed by atoms with Gasteiger partial charge in [0.2, 0.25) is 0 Å². The zero-order chi connectivity index (χ0) is 16.1. The van der Waals surface area contributed by atoms with Crippen molar-refractivity contribution in [1.29, 1.82) is 0 Å². The van der Waals surface area contributed by atoms with Crippen LogP contribution in [0.2, 0.25) is 0 Å². The van der Waals surface area contributed by atoms with Gasteiger partial charge in [-0.25, -0.2) is 9.97 Å². The summed E-state index contributed by atoms with van der Waals surface area (Å²) < 4.78 is 2.20. The van der Waals surface area contributed by atoms with Crippen molar-refractivity contribution in [1.82, 2.24) is 14.5 Å². The molecule has 0 N–H and O–H groups in total. The van der Waals surface area contributed by atoms with E-state index in [1.54, 1.807) is 0 Å². The molecule has 5 rings (SSSR count). The number of aromatic nitrogens is 3. The summed E-state index contributed by atoms with van der Waals surface area (Å²) in [6, 6.07) is 24.9. The quantitative estimate of drug-likeness (QED) is 0.434. The molecule has 3 heteroatoms. The monoisotopic (exact) mass is 309 g/mol. The van der Waals surface area contributed by atoms with E-state index in [2.05, 4.69) is 60.0 Å². The van der Waals surface area contributed by atoms with Crippen molar-refractivity contribution in [2.24, 2.45) is 0 Å². The van der Waals surface area contributed by atoms with Gasteiger partial charge in [-0.2, -0.15) is 0 Å². The molecule has 2 heterocycles. The van der Waals surface area contributed by atoms with Crippen LogP contribution in [0.15, 0.2) is 72.8 Å². The minimum atomic E-state index is 0.902. The Morgan fingerprint density at radius 1 is 0.708 bits per heavy atom. The molecule has 0 aliphatic rings. The summed E-state index contributed by atoms with van der Waals surface area (Å²) in [6.07, 6.45) is 0. The van der Waals surface area contributed by atoms with Crippen LogP contribution in [-0.4, -0.2) is 14.5 Å². The Bertz CT molecular complexity index is 1200. The SMILES string of the molecule is Cc1ccc(-n2c3ccccc3c3nc4ccccc4nc32)cc1. The lowest BCUT2D eigenvalue weighted by Crippen LogP contribution is -1.96. The van der Waals surface area contributed by atoms with E-state index in [0.717, 1.165) is 38.8 Å². The maximum Gasteiger partial charge on any atom is 0.165 e. The van der Waals surface area contributed by atoms with E-state index < -0.39 is 0 Å². The lowest BCUT2D eigenvalue weighted by molar-refractivity contribution is 1.14. The molecule has 0 aliphatic heterocycles. The molecule has 2 aromatic heterocycles. The van der Waals surface area contributed by atoms with Gasteiger partial charge in [-0.15, -0.1) is 0 Å². The molecule has 24 heavy (non-hydrogen) atoms. The first-order chi connectivity index (χ1) is 11.8. The minimum Gasteiger partial charge on any atom is -0.293 e. The largest absolute Gasteiger partial charge is 0.293 e. The molecular weight excluding hydrogens is 294 g/mol. The fourth-order valence-corrected chi connectivity index (χ4v) is 3.27. The summed E-state index contributed by atoms with van der Waals surface area (Å²) in [4.78, 5) is 9.80. The topological polar surface area (TPSA) is 30.7 Å². The van der Waals surface area contributed by atoms with Gasteiger partial charge in [0.25, 0.3) is 0 Å². The normalized spacial score (nSPS) is 11.5. The lowest BCUT2D eigenvalue weighted by atomic mass is 10.2. The zero-order valence-electron chi connectivity index (χ0n) is 13.3. The Hall–Kier alpha value is -3.20. The molecule has 0 saturated carbocycles. The van der Waals surface area contributed by atoms with Crippen LogP contribution in [0.4, 0.5) is 0 Å². The van der Waals surface area contributed by atoms with Crippen molar-refractivity contribution in [3.05, 3.63) is 78.4 Å². The number of nitrogens with zero attached hydrogens (tertiary/aromatic N) is 3. The van der Waals surface area contributed by atoms with E-state index >= 15 is 0 Å². The third-order valence-corrected chi connectivity index (χ3v) is 4.46. The summed E-state index contributed by atoms with van der Waals surface area (Å²) in [5.74, 6) is 0. The Labute approximate surface area is 139 Å². The number of aryl methyl sites for hydroxylation is 1. The van der Waals surface area contributed by atoms with Gasteiger partial charge >= 0.3 is 0 Å². The van der Waals surface area contributed by atoms with Crippen LogP contribution < -0.4 is 0 Å². The van der Waals surface area contributed by atoms with E-state index in [1.165, 1.54) is 5.56 Å². The Morgan fingerprint density at radius 2 is 1.38 bits per heavy atom. The number of para-hydroxylation sites is 3. The van der Waals surface area contributed by atoms with Gasteiger partial charge in [-0.3, -0.25) is 4.57 Å². The second-order valence-corrected chi connectivity index (χ2v) is 6.07. The number of hydrogen-bond donors (Lipinski definition) is 0. The average Bonchev–Trinajstić information content (AvgIpc) is 2.94. The molecule has 3 nitrogen and oxygen atoms in total. The molecule has 0 spiro atoms. The molecule has 114 valence electrons. The van der Waals surface area contributed by atoms with E-state index in [-0.39, 0.29) is 0 Å². The van der Waals surface area contributed by atoms with Crippen molar-refractivity contribution in [3.63, 3.8) is 0 Å². The number of hydrogen-bond acceptors (Lipinski definition) is 2. The minimum absolute atomic E-state index is 0.902. The second kappa shape index (κ2) is 4.90. The molecule has 0 aliphatic carbocycles. The standard InChI is InChI=1S/C21H15N3/c1-14-10-12-15(13-11-14)24-19-9-5-2-6-16(19)20-21(24)23-18-8-4-3-7-17(18)22-20/h2-13H,1H3. The van der Waals surface area contributed by atoms with Crippen LogP contribution in [0.1, 0.15) is 5.56 Å². The first-order valence-electron chi connectivity index (χ1n) is 8.04. The van der Waals surface area contributed by atoms with Gasteiger partial charge in [-0.1, -0.05) is 48.0 Å². The maximum atomic E-state index is 4.91. The van der Waals surface area contributed by atoms with Crippen LogP contribution in [0, 0.1) is 6.92 Å². The number of rotatable bonds is 1. The highest BCUT2D eigenvalue weighted by molar-refractivity contribution is 6.07.